The van der Waals surface area contributed by atoms with Gasteiger partial charge in [-0.3, -0.25) is 0 Å². The molecule has 3 aromatic rings. The minimum atomic E-state index is 0. The average Bonchev–Trinajstić information content (AvgIpc) is 3.01. The van der Waals surface area contributed by atoms with E-state index in [1.54, 1.807) is 11.3 Å². The number of halogens is 2. The molecule has 0 aliphatic carbocycles. The predicted molar refractivity (Wildman–Crippen MR) is 121 cm³/mol. The summed E-state index contributed by atoms with van der Waals surface area (Å²) in [5.41, 5.74) is 7.98. The van der Waals surface area contributed by atoms with E-state index < -0.39 is 0 Å². The lowest BCUT2D eigenvalue weighted by Gasteiger charge is -2.25. The minimum absolute atomic E-state index is 0. The van der Waals surface area contributed by atoms with E-state index in [0.29, 0.717) is 19.0 Å². The number of nitrogens with zero attached hydrogens (tertiary/aromatic N) is 3. The first-order valence-corrected chi connectivity index (χ1v) is 9.38. The molecule has 0 amide bonds. The summed E-state index contributed by atoms with van der Waals surface area (Å²) < 4.78 is 0. The smallest absolute Gasteiger partial charge is 0.137 e. The van der Waals surface area contributed by atoms with Crippen LogP contribution in [0, 0.1) is 6.92 Å². The Kier molecular flexibility index (Phi) is 9.42. The molecule has 3 N–H and O–H groups in total. The molecule has 0 bridgehead atoms. The van der Waals surface area contributed by atoms with Crippen molar-refractivity contribution in [3.05, 3.63) is 52.0 Å². The first-order valence-electron chi connectivity index (χ1n) is 8.50. The van der Waals surface area contributed by atoms with Gasteiger partial charge in [0.1, 0.15) is 11.6 Å². The summed E-state index contributed by atoms with van der Waals surface area (Å²) in [4.78, 5) is 13.0. The van der Waals surface area contributed by atoms with Crippen LogP contribution in [-0.4, -0.2) is 42.1 Å². The number of hydrogen-bond donors (Lipinski definition) is 2. The van der Waals surface area contributed by atoms with E-state index >= 15 is 0 Å². The molecular weight excluding hydrogens is 401 g/mol. The lowest BCUT2D eigenvalue weighted by atomic mass is 10.1. The Bertz CT molecular complexity index is 853. The van der Waals surface area contributed by atoms with Gasteiger partial charge in [-0.15, -0.1) is 36.2 Å². The Morgan fingerprint density at radius 2 is 1.89 bits per heavy atom. The Balaban J connectivity index is 0.00000182. The molecule has 1 unspecified atom stereocenters. The fourth-order valence-corrected chi connectivity index (χ4v) is 4.05. The highest BCUT2D eigenvalue weighted by atomic mass is 35.5. The summed E-state index contributed by atoms with van der Waals surface area (Å²) in [6.07, 6.45) is 0.681. The monoisotopic (exact) mass is 427 g/mol. The molecule has 1 aromatic carbocycles. The van der Waals surface area contributed by atoms with Crippen molar-refractivity contribution < 1.29 is 0 Å². The van der Waals surface area contributed by atoms with E-state index in [2.05, 4.69) is 53.7 Å². The summed E-state index contributed by atoms with van der Waals surface area (Å²) in [5, 5.41) is 6.75. The van der Waals surface area contributed by atoms with Gasteiger partial charge >= 0.3 is 0 Å². The molecule has 0 aliphatic heterocycles. The van der Waals surface area contributed by atoms with Gasteiger partial charge in [0.05, 0.1) is 11.6 Å². The molecule has 3 rings (SSSR count). The number of nitrogens with one attached hydrogen (secondary N) is 1. The van der Waals surface area contributed by atoms with Crippen LogP contribution < -0.4 is 11.1 Å². The van der Waals surface area contributed by atoms with Crippen molar-refractivity contribution in [2.24, 2.45) is 5.73 Å². The van der Waals surface area contributed by atoms with E-state index in [0.717, 1.165) is 29.1 Å². The van der Waals surface area contributed by atoms with Gasteiger partial charge in [0.15, 0.2) is 0 Å². The molecule has 148 valence electrons. The van der Waals surface area contributed by atoms with Crippen LogP contribution in [0.4, 0.5) is 5.82 Å². The van der Waals surface area contributed by atoms with Gasteiger partial charge in [-0.2, -0.15) is 0 Å². The Morgan fingerprint density at radius 3 is 2.52 bits per heavy atom. The van der Waals surface area contributed by atoms with Gasteiger partial charge in [-0.25, -0.2) is 9.97 Å². The second-order valence-electron chi connectivity index (χ2n) is 6.37. The molecule has 27 heavy (non-hydrogen) atoms. The number of hydrogen-bond acceptors (Lipinski definition) is 6. The number of para-hydroxylation sites is 1. The predicted octanol–water partition coefficient (Wildman–Crippen LogP) is 4.06. The average molecular weight is 428 g/mol. The van der Waals surface area contributed by atoms with Gasteiger partial charge in [0, 0.05) is 23.2 Å². The Labute approximate surface area is 177 Å². The highest BCUT2D eigenvalue weighted by molar-refractivity contribution is 7.10. The van der Waals surface area contributed by atoms with Crippen LogP contribution in [0.3, 0.4) is 0 Å². The molecule has 0 aliphatic rings. The van der Waals surface area contributed by atoms with Crippen molar-refractivity contribution in [1.29, 1.82) is 0 Å². The molecule has 0 spiro atoms. The van der Waals surface area contributed by atoms with Crippen LogP contribution in [0.2, 0.25) is 0 Å². The number of anilines is 1. The topological polar surface area (TPSA) is 67.1 Å². The van der Waals surface area contributed by atoms with Gasteiger partial charge in [0.25, 0.3) is 0 Å². The quantitative estimate of drug-likeness (QED) is 0.594. The van der Waals surface area contributed by atoms with Crippen molar-refractivity contribution in [2.45, 2.75) is 19.4 Å². The van der Waals surface area contributed by atoms with Crippen LogP contribution in [0.25, 0.3) is 10.9 Å². The molecule has 0 fully saturated rings. The second kappa shape index (κ2) is 10.8. The maximum absolute atomic E-state index is 5.69. The number of aromatic nitrogens is 2. The molecule has 2 heterocycles. The number of benzene rings is 1. The fourth-order valence-electron chi connectivity index (χ4n) is 2.93. The first kappa shape index (κ1) is 23.6. The molecule has 0 saturated carbocycles. The lowest BCUT2D eigenvalue weighted by molar-refractivity contribution is 0.315. The second-order valence-corrected chi connectivity index (χ2v) is 7.32. The molecule has 0 saturated heterocycles. The third-order valence-electron chi connectivity index (χ3n) is 4.31. The molecule has 1 atom stereocenters. The number of likely N-dealkylation sites (N-methyl/N-ethyl adjacent to an activating group) is 1. The van der Waals surface area contributed by atoms with E-state index in [1.807, 2.05) is 18.2 Å². The summed E-state index contributed by atoms with van der Waals surface area (Å²) in [6.45, 7) is 3.51. The van der Waals surface area contributed by atoms with E-state index in [-0.39, 0.29) is 24.8 Å². The van der Waals surface area contributed by atoms with E-state index in [1.165, 1.54) is 10.4 Å². The SMILES string of the molecule is Cc1ccsc1C(CNc1nc(CCN)nc2ccccc12)N(C)C.Cl.Cl. The van der Waals surface area contributed by atoms with Crippen molar-refractivity contribution >= 4 is 52.9 Å². The lowest BCUT2D eigenvalue weighted by Crippen LogP contribution is -2.27. The van der Waals surface area contributed by atoms with Gasteiger partial charge in [-0.05, 0) is 56.7 Å². The highest BCUT2D eigenvalue weighted by Crippen LogP contribution is 2.28. The van der Waals surface area contributed by atoms with Gasteiger partial charge in [-0.1, -0.05) is 12.1 Å². The fraction of sp³-hybridized carbons (Fsp3) is 0.368. The highest BCUT2D eigenvalue weighted by Gasteiger charge is 2.18. The standard InChI is InChI=1S/C19H25N5S.2ClH/c1-13-9-11-25-18(13)16(24(2)3)12-21-19-14-6-4-5-7-15(14)22-17(23-19)8-10-20;;/h4-7,9,11,16H,8,10,12,20H2,1-3H3,(H,21,22,23);2*1H. The summed E-state index contributed by atoms with van der Waals surface area (Å²) >= 11 is 1.81. The molecule has 2 aromatic heterocycles. The van der Waals surface area contributed by atoms with Crippen molar-refractivity contribution in [1.82, 2.24) is 14.9 Å². The zero-order valence-corrected chi connectivity index (χ0v) is 18.3. The third-order valence-corrected chi connectivity index (χ3v) is 5.43. The number of thiophene rings is 1. The molecule has 5 nitrogen and oxygen atoms in total. The summed E-state index contributed by atoms with van der Waals surface area (Å²) in [6, 6.07) is 10.6. The molecular formula is C19H27Cl2N5S. The van der Waals surface area contributed by atoms with Crippen LogP contribution in [0.5, 0.6) is 0 Å². The van der Waals surface area contributed by atoms with Crippen molar-refractivity contribution in [3.63, 3.8) is 0 Å². The number of fused-ring (bicyclic) bond motifs is 1. The van der Waals surface area contributed by atoms with Crippen molar-refractivity contribution in [3.8, 4) is 0 Å². The maximum Gasteiger partial charge on any atom is 0.137 e. The van der Waals surface area contributed by atoms with Crippen LogP contribution >= 0.6 is 36.2 Å². The molecule has 8 heteroatoms. The Morgan fingerprint density at radius 1 is 1.15 bits per heavy atom. The van der Waals surface area contributed by atoms with Gasteiger partial charge in [0.2, 0.25) is 0 Å². The zero-order chi connectivity index (χ0) is 17.8. The van der Waals surface area contributed by atoms with Crippen LogP contribution in [0.15, 0.2) is 35.7 Å². The first-order chi connectivity index (χ1) is 12.1. The zero-order valence-electron chi connectivity index (χ0n) is 15.8. The number of aryl methyl sites for hydroxylation is 1. The summed E-state index contributed by atoms with van der Waals surface area (Å²) in [7, 11) is 4.23. The van der Waals surface area contributed by atoms with E-state index in [9.17, 15) is 0 Å². The number of nitrogens with two attached hydrogens (primary N) is 1. The number of rotatable bonds is 7. The third kappa shape index (κ3) is 5.53. The molecule has 0 radical (unpaired) electrons. The van der Waals surface area contributed by atoms with E-state index in [4.69, 9.17) is 10.7 Å². The Hall–Kier alpha value is -1.44. The van der Waals surface area contributed by atoms with Crippen LogP contribution in [-0.2, 0) is 6.42 Å². The maximum atomic E-state index is 5.69. The minimum Gasteiger partial charge on any atom is -0.367 e. The normalized spacial score (nSPS) is 11.7. The largest absolute Gasteiger partial charge is 0.367 e. The summed E-state index contributed by atoms with van der Waals surface area (Å²) in [5.74, 6) is 1.67. The van der Waals surface area contributed by atoms with Crippen LogP contribution in [0.1, 0.15) is 22.3 Å². The van der Waals surface area contributed by atoms with Crippen molar-refractivity contribution in [2.75, 3.05) is 32.5 Å². The van der Waals surface area contributed by atoms with Gasteiger partial charge < -0.3 is 16.0 Å².